The number of hydrogen-bond donors (Lipinski definition) is 5. The topological polar surface area (TPSA) is 138 Å². The Labute approximate surface area is 205 Å². The van der Waals surface area contributed by atoms with E-state index in [0.717, 1.165) is 11.1 Å². The van der Waals surface area contributed by atoms with E-state index in [-0.39, 0.29) is 19.8 Å². The summed E-state index contributed by atoms with van der Waals surface area (Å²) in [6, 6.07) is 12.9. The van der Waals surface area contributed by atoms with Crippen molar-refractivity contribution in [1.29, 1.82) is 0 Å². The highest BCUT2D eigenvalue weighted by atomic mass is 16.5. The van der Waals surface area contributed by atoms with Crippen molar-refractivity contribution in [2.45, 2.75) is 0 Å². The SMILES string of the molecule is COc1cc(/C=C/c2ccc(OCC(CO)(CO)COCC(CO)(CO)CO)cc2)cc(OC)c1. The molecule has 9 heteroatoms. The lowest BCUT2D eigenvalue weighted by Gasteiger charge is -2.32. The highest BCUT2D eigenvalue weighted by Gasteiger charge is 2.34. The van der Waals surface area contributed by atoms with E-state index < -0.39 is 43.9 Å². The normalized spacial score (nSPS) is 12.2. The summed E-state index contributed by atoms with van der Waals surface area (Å²) >= 11 is 0. The molecule has 2 aromatic rings. The highest BCUT2D eigenvalue weighted by molar-refractivity contribution is 5.71. The van der Waals surface area contributed by atoms with Crippen molar-refractivity contribution in [3.8, 4) is 17.2 Å². The molecule has 0 heterocycles. The molecule has 0 unspecified atom stereocenters. The fraction of sp³-hybridized carbons (Fsp3) is 0.462. The van der Waals surface area contributed by atoms with E-state index in [0.29, 0.717) is 17.2 Å². The molecular weight excluding hydrogens is 456 g/mol. The third-order valence-corrected chi connectivity index (χ3v) is 5.76. The van der Waals surface area contributed by atoms with Gasteiger partial charge in [0.05, 0.1) is 71.3 Å². The number of rotatable bonds is 16. The first-order valence-corrected chi connectivity index (χ1v) is 11.2. The molecule has 9 nitrogen and oxygen atoms in total. The first-order chi connectivity index (χ1) is 16.9. The van der Waals surface area contributed by atoms with Gasteiger partial charge < -0.3 is 44.5 Å². The third kappa shape index (κ3) is 8.21. The van der Waals surface area contributed by atoms with E-state index >= 15 is 0 Å². The monoisotopic (exact) mass is 492 g/mol. The smallest absolute Gasteiger partial charge is 0.123 e. The molecule has 0 aliphatic rings. The van der Waals surface area contributed by atoms with Crippen LogP contribution in [-0.4, -0.2) is 92.6 Å². The first-order valence-electron chi connectivity index (χ1n) is 11.2. The van der Waals surface area contributed by atoms with E-state index in [1.807, 2.05) is 36.4 Å². The van der Waals surface area contributed by atoms with Gasteiger partial charge in [-0.05, 0) is 35.4 Å². The van der Waals surface area contributed by atoms with Gasteiger partial charge in [0, 0.05) is 6.07 Å². The van der Waals surface area contributed by atoms with Crippen molar-refractivity contribution >= 4 is 12.2 Å². The molecule has 0 atom stereocenters. The zero-order chi connectivity index (χ0) is 25.7. The quantitative estimate of drug-likeness (QED) is 0.219. The van der Waals surface area contributed by atoms with Crippen molar-refractivity contribution in [2.75, 3.05) is 67.1 Å². The maximum absolute atomic E-state index is 9.86. The Morgan fingerprint density at radius 3 is 1.57 bits per heavy atom. The number of hydrogen-bond acceptors (Lipinski definition) is 9. The van der Waals surface area contributed by atoms with Crippen LogP contribution in [0.15, 0.2) is 42.5 Å². The zero-order valence-electron chi connectivity index (χ0n) is 20.2. The predicted octanol–water partition coefficient (Wildman–Crippen LogP) is 1.20. The number of aliphatic hydroxyl groups is 5. The van der Waals surface area contributed by atoms with Crippen LogP contribution in [0.4, 0.5) is 0 Å². The van der Waals surface area contributed by atoms with Crippen molar-refractivity contribution in [3.63, 3.8) is 0 Å². The van der Waals surface area contributed by atoms with E-state index in [9.17, 15) is 25.5 Å². The van der Waals surface area contributed by atoms with Crippen LogP contribution in [0, 0.1) is 10.8 Å². The maximum atomic E-state index is 9.86. The van der Waals surface area contributed by atoms with Crippen LogP contribution < -0.4 is 14.2 Å². The van der Waals surface area contributed by atoms with Crippen molar-refractivity contribution in [1.82, 2.24) is 0 Å². The second-order valence-electron chi connectivity index (χ2n) is 8.62. The van der Waals surface area contributed by atoms with Crippen molar-refractivity contribution in [3.05, 3.63) is 53.6 Å². The molecule has 0 amide bonds. The van der Waals surface area contributed by atoms with E-state index in [1.54, 1.807) is 32.4 Å². The first kappa shape index (κ1) is 28.6. The molecule has 2 aromatic carbocycles. The highest BCUT2D eigenvalue weighted by Crippen LogP contribution is 2.25. The third-order valence-electron chi connectivity index (χ3n) is 5.76. The summed E-state index contributed by atoms with van der Waals surface area (Å²) in [5, 5.41) is 47.9. The van der Waals surface area contributed by atoms with Crippen molar-refractivity contribution < 1.29 is 44.5 Å². The van der Waals surface area contributed by atoms with Crippen LogP contribution in [0.5, 0.6) is 17.2 Å². The molecule has 0 saturated carbocycles. The summed E-state index contributed by atoms with van der Waals surface area (Å²) in [5.74, 6) is 1.94. The van der Waals surface area contributed by atoms with Gasteiger partial charge in [0.15, 0.2) is 0 Å². The minimum absolute atomic E-state index is 0.0246. The zero-order valence-corrected chi connectivity index (χ0v) is 20.2. The number of methoxy groups -OCH3 is 2. The van der Waals surface area contributed by atoms with Crippen LogP contribution in [-0.2, 0) is 4.74 Å². The van der Waals surface area contributed by atoms with Gasteiger partial charge in [-0.3, -0.25) is 0 Å². The van der Waals surface area contributed by atoms with Crippen LogP contribution in [0.1, 0.15) is 11.1 Å². The summed E-state index contributed by atoms with van der Waals surface area (Å²) in [6.07, 6.45) is 3.87. The molecule has 35 heavy (non-hydrogen) atoms. The summed E-state index contributed by atoms with van der Waals surface area (Å²) in [5.41, 5.74) is -0.441. The predicted molar refractivity (Wildman–Crippen MR) is 132 cm³/mol. The molecule has 0 radical (unpaired) electrons. The lowest BCUT2D eigenvalue weighted by atomic mass is 9.90. The van der Waals surface area contributed by atoms with Gasteiger partial charge in [0.2, 0.25) is 0 Å². The Bertz CT molecular complexity index is 873. The van der Waals surface area contributed by atoms with Crippen LogP contribution in [0.3, 0.4) is 0 Å². The van der Waals surface area contributed by atoms with E-state index in [4.69, 9.17) is 18.9 Å². The fourth-order valence-corrected chi connectivity index (χ4v) is 3.07. The molecule has 2 rings (SSSR count). The van der Waals surface area contributed by atoms with Gasteiger partial charge in [0.1, 0.15) is 23.9 Å². The van der Waals surface area contributed by atoms with Crippen LogP contribution in [0.25, 0.3) is 12.2 Å². The summed E-state index contributed by atoms with van der Waals surface area (Å²) < 4.78 is 21.9. The molecule has 0 aromatic heterocycles. The maximum Gasteiger partial charge on any atom is 0.123 e. The van der Waals surface area contributed by atoms with Gasteiger partial charge in [-0.15, -0.1) is 0 Å². The average Bonchev–Trinajstić information content (AvgIpc) is 2.92. The van der Waals surface area contributed by atoms with Crippen LogP contribution in [0.2, 0.25) is 0 Å². The van der Waals surface area contributed by atoms with E-state index in [1.165, 1.54) is 0 Å². The van der Waals surface area contributed by atoms with Crippen LogP contribution >= 0.6 is 0 Å². The number of aliphatic hydroxyl groups excluding tert-OH is 5. The summed E-state index contributed by atoms with van der Waals surface area (Å²) in [6.45, 7) is -2.46. The second-order valence-corrected chi connectivity index (χ2v) is 8.62. The second kappa shape index (κ2) is 14.0. The molecule has 0 bridgehead atoms. The fourth-order valence-electron chi connectivity index (χ4n) is 3.07. The van der Waals surface area contributed by atoms with Gasteiger partial charge >= 0.3 is 0 Å². The molecule has 0 saturated heterocycles. The Hall–Kier alpha value is -2.66. The lowest BCUT2D eigenvalue weighted by Crippen LogP contribution is -2.44. The number of ether oxygens (including phenoxy) is 4. The molecule has 194 valence electrons. The van der Waals surface area contributed by atoms with Gasteiger partial charge in [-0.25, -0.2) is 0 Å². The summed E-state index contributed by atoms with van der Waals surface area (Å²) in [7, 11) is 3.20. The Morgan fingerprint density at radius 2 is 1.09 bits per heavy atom. The van der Waals surface area contributed by atoms with Crippen molar-refractivity contribution in [2.24, 2.45) is 10.8 Å². The summed E-state index contributed by atoms with van der Waals surface area (Å²) in [4.78, 5) is 0. The molecule has 5 N–H and O–H groups in total. The standard InChI is InChI=1S/C26H36O9/c1-32-23-9-21(10-24(11-23)33-2)4-3-20-5-7-22(8-6-20)35-19-26(15-30,16-31)18-34-17-25(12-27,13-28)14-29/h3-11,27-31H,12-19H2,1-2H3/b4-3+. The molecule has 0 aliphatic heterocycles. The Kier molecular flexibility index (Phi) is 11.5. The Balaban J connectivity index is 1.98. The van der Waals surface area contributed by atoms with Gasteiger partial charge in [-0.2, -0.15) is 0 Å². The molecule has 0 spiro atoms. The number of benzene rings is 2. The molecule has 0 fully saturated rings. The molecular formula is C26H36O9. The minimum Gasteiger partial charge on any atom is -0.497 e. The Morgan fingerprint density at radius 1 is 0.600 bits per heavy atom. The molecule has 0 aliphatic carbocycles. The van der Waals surface area contributed by atoms with Gasteiger partial charge in [0.25, 0.3) is 0 Å². The lowest BCUT2D eigenvalue weighted by molar-refractivity contribution is -0.100. The van der Waals surface area contributed by atoms with E-state index in [2.05, 4.69) is 0 Å². The largest absolute Gasteiger partial charge is 0.497 e. The van der Waals surface area contributed by atoms with Gasteiger partial charge in [-0.1, -0.05) is 24.3 Å². The average molecular weight is 493 g/mol. The minimum atomic E-state index is -1.20.